The molecule has 0 fully saturated rings. The van der Waals surface area contributed by atoms with Gasteiger partial charge < -0.3 is 19.9 Å². The van der Waals surface area contributed by atoms with E-state index in [4.69, 9.17) is 4.42 Å². The minimum absolute atomic E-state index is 0.00435. The van der Waals surface area contributed by atoms with Crippen molar-refractivity contribution in [3.05, 3.63) is 34.7 Å². The molecule has 7 heteroatoms. The summed E-state index contributed by atoms with van der Waals surface area (Å²) in [6, 6.07) is 4.48. The van der Waals surface area contributed by atoms with E-state index in [1.165, 1.54) is 11.3 Å². The minimum Gasteiger partial charge on any atom is -0.481 e. The molecule has 0 amide bonds. The second kappa shape index (κ2) is 8.12. The Kier molecular flexibility index (Phi) is 6.16. The van der Waals surface area contributed by atoms with Gasteiger partial charge in [-0.25, -0.2) is 0 Å². The Morgan fingerprint density at radius 2 is 1.96 bits per heavy atom. The number of aliphatic carboxylic acids is 2. The van der Waals surface area contributed by atoms with Crippen molar-refractivity contribution < 1.29 is 24.2 Å². The molecular formula is C17H21NO5S. The highest BCUT2D eigenvalue weighted by Crippen LogP contribution is 2.28. The fourth-order valence-corrected chi connectivity index (χ4v) is 3.06. The highest BCUT2D eigenvalue weighted by molar-refractivity contribution is 7.08. The van der Waals surface area contributed by atoms with Gasteiger partial charge in [-0.3, -0.25) is 9.59 Å². The van der Waals surface area contributed by atoms with Crippen LogP contribution in [0, 0.1) is 5.92 Å². The zero-order valence-electron chi connectivity index (χ0n) is 13.6. The molecule has 130 valence electrons. The summed E-state index contributed by atoms with van der Waals surface area (Å²) < 4.78 is 5.66. The molecule has 2 heterocycles. The van der Waals surface area contributed by atoms with Crippen LogP contribution in [0.15, 0.2) is 33.4 Å². The van der Waals surface area contributed by atoms with Crippen LogP contribution in [-0.4, -0.2) is 34.7 Å². The Balaban J connectivity index is 2.09. The second-order valence-electron chi connectivity index (χ2n) is 6.03. The summed E-state index contributed by atoms with van der Waals surface area (Å²) in [5.74, 6) is -1.87. The van der Waals surface area contributed by atoms with Gasteiger partial charge in [-0.2, -0.15) is 11.3 Å². The van der Waals surface area contributed by atoms with E-state index in [0.29, 0.717) is 17.9 Å². The zero-order valence-corrected chi connectivity index (χ0v) is 14.4. The summed E-state index contributed by atoms with van der Waals surface area (Å²) in [7, 11) is 0. The largest absolute Gasteiger partial charge is 0.481 e. The van der Waals surface area contributed by atoms with Crippen molar-refractivity contribution in [2.24, 2.45) is 5.92 Å². The summed E-state index contributed by atoms with van der Waals surface area (Å²) in [4.78, 5) is 22.8. The molecule has 0 aromatic carbocycles. The molecule has 2 aromatic rings. The van der Waals surface area contributed by atoms with Crippen LogP contribution >= 0.6 is 11.3 Å². The highest BCUT2D eigenvalue weighted by Gasteiger charge is 2.27. The molecule has 2 aromatic heterocycles. The van der Waals surface area contributed by atoms with Crippen LogP contribution in [-0.2, 0) is 9.59 Å². The van der Waals surface area contributed by atoms with E-state index in [2.05, 4.69) is 5.32 Å². The third kappa shape index (κ3) is 4.69. The van der Waals surface area contributed by atoms with Crippen molar-refractivity contribution in [2.45, 2.75) is 32.2 Å². The molecule has 2 unspecified atom stereocenters. The van der Waals surface area contributed by atoms with E-state index in [-0.39, 0.29) is 12.5 Å². The number of hydrogen-bond acceptors (Lipinski definition) is 5. The first-order chi connectivity index (χ1) is 11.4. The maximum Gasteiger partial charge on any atom is 0.320 e. The molecule has 0 spiro atoms. The minimum atomic E-state index is -1.05. The molecule has 2 rings (SSSR count). The van der Waals surface area contributed by atoms with Gasteiger partial charge in [0.15, 0.2) is 0 Å². The molecule has 3 N–H and O–H groups in total. The zero-order chi connectivity index (χ0) is 17.7. The first kappa shape index (κ1) is 18.2. The molecule has 0 aliphatic heterocycles. The normalized spacial score (nSPS) is 13.8. The van der Waals surface area contributed by atoms with Crippen molar-refractivity contribution in [3.8, 4) is 11.3 Å². The monoisotopic (exact) mass is 351 g/mol. The van der Waals surface area contributed by atoms with E-state index < -0.39 is 23.9 Å². The standard InChI is InChI=1S/C17H21NO5S/c1-10(2)7-13(17(21)22)18-8-12(16(19)20)15-4-3-14(23-15)11-5-6-24-9-11/h3-6,9-10,12-13,18H,7-8H2,1-2H3,(H,19,20)(H,21,22). The van der Waals surface area contributed by atoms with Crippen LogP contribution in [0.1, 0.15) is 31.9 Å². The second-order valence-corrected chi connectivity index (χ2v) is 6.81. The molecule has 2 atom stereocenters. The number of carboxylic acid groups (broad SMARTS) is 2. The topological polar surface area (TPSA) is 99.8 Å². The van der Waals surface area contributed by atoms with E-state index >= 15 is 0 Å². The molecule has 0 saturated heterocycles. The van der Waals surface area contributed by atoms with Gasteiger partial charge in [-0.1, -0.05) is 13.8 Å². The molecule has 0 saturated carbocycles. The predicted octanol–water partition coefficient (Wildman–Crippen LogP) is 3.27. The molecule has 0 radical (unpaired) electrons. The van der Waals surface area contributed by atoms with Crippen molar-refractivity contribution in [2.75, 3.05) is 6.54 Å². The van der Waals surface area contributed by atoms with Crippen LogP contribution in [0.4, 0.5) is 0 Å². The Hall–Kier alpha value is -2.12. The Labute approximate surface area is 144 Å². The van der Waals surface area contributed by atoms with Crippen molar-refractivity contribution in [3.63, 3.8) is 0 Å². The van der Waals surface area contributed by atoms with Gasteiger partial charge in [-0.15, -0.1) is 0 Å². The van der Waals surface area contributed by atoms with E-state index in [9.17, 15) is 19.8 Å². The van der Waals surface area contributed by atoms with Crippen LogP contribution in [0.3, 0.4) is 0 Å². The lowest BCUT2D eigenvalue weighted by atomic mass is 10.0. The lowest BCUT2D eigenvalue weighted by Crippen LogP contribution is -2.41. The Morgan fingerprint density at radius 1 is 1.21 bits per heavy atom. The molecule has 0 aliphatic rings. The fourth-order valence-electron chi connectivity index (χ4n) is 2.41. The number of hydrogen-bond donors (Lipinski definition) is 3. The summed E-state index contributed by atoms with van der Waals surface area (Å²) in [6.07, 6.45) is 0.431. The number of rotatable bonds is 9. The van der Waals surface area contributed by atoms with Gasteiger partial charge >= 0.3 is 11.9 Å². The van der Waals surface area contributed by atoms with Crippen molar-refractivity contribution >= 4 is 23.3 Å². The predicted molar refractivity (Wildman–Crippen MR) is 91.3 cm³/mol. The van der Waals surface area contributed by atoms with Crippen molar-refractivity contribution in [1.29, 1.82) is 0 Å². The average Bonchev–Trinajstić information content (AvgIpc) is 3.16. The molecule has 0 aliphatic carbocycles. The SMILES string of the molecule is CC(C)CC(NCC(C(=O)O)c1ccc(-c2ccsc2)o1)C(=O)O. The van der Waals surface area contributed by atoms with E-state index in [1.54, 1.807) is 12.1 Å². The van der Waals surface area contributed by atoms with Gasteiger partial charge in [-0.05, 0) is 35.9 Å². The maximum atomic E-state index is 11.6. The Bertz CT molecular complexity index is 677. The molecular weight excluding hydrogens is 330 g/mol. The van der Waals surface area contributed by atoms with E-state index in [1.807, 2.05) is 30.7 Å². The third-order valence-electron chi connectivity index (χ3n) is 3.65. The molecule has 24 heavy (non-hydrogen) atoms. The Morgan fingerprint density at radius 3 is 2.50 bits per heavy atom. The van der Waals surface area contributed by atoms with E-state index in [0.717, 1.165) is 5.56 Å². The first-order valence-corrected chi connectivity index (χ1v) is 8.64. The lowest BCUT2D eigenvalue weighted by Gasteiger charge is -2.18. The number of furan rings is 1. The number of carbonyl (C=O) groups is 2. The van der Waals surface area contributed by atoms with Crippen LogP contribution in [0.5, 0.6) is 0 Å². The first-order valence-electron chi connectivity index (χ1n) is 7.69. The van der Waals surface area contributed by atoms with Gasteiger partial charge in [0.25, 0.3) is 0 Å². The van der Waals surface area contributed by atoms with Gasteiger partial charge in [0.05, 0.1) is 0 Å². The van der Waals surface area contributed by atoms with Crippen LogP contribution < -0.4 is 5.32 Å². The van der Waals surface area contributed by atoms with Crippen LogP contribution in [0.25, 0.3) is 11.3 Å². The highest BCUT2D eigenvalue weighted by atomic mass is 32.1. The van der Waals surface area contributed by atoms with Gasteiger partial charge in [0, 0.05) is 17.5 Å². The van der Waals surface area contributed by atoms with Gasteiger partial charge in [0.1, 0.15) is 23.5 Å². The molecule has 6 nitrogen and oxygen atoms in total. The average molecular weight is 351 g/mol. The third-order valence-corrected chi connectivity index (χ3v) is 4.33. The summed E-state index contributed by atoms with van der Waals surface area (Å²) in [5.41, 5.74) is 0.895. The van der Waals surface area contributed by atoms with Gasteiger partial charge in [0.2, 0.25) is 0 Å². The number of nitrogens with one attached hydrogen (secondary N) is 1. The molecule has 0 bridgehead atoms. The number of thiophene rings is 1. The maximum absolute atomic E-state index is 11.6. The quantitative estimate of drug-likeness (QED) is 0.641. The smallest absolute Gasteiger partial charge is 0.320 e. The summed E-state index contributed by atoms with van der Waals surface area (Å²) >= 11 is 1.53. The number of carboxylic acids is 2. The van der Waals surface area contributed by atoms with Crippen LogP contribution in [0.2, 0.25) is 0 Å². The lowest BCUT2D eigenvalue weighted by molar-refractivity contribution is -0.142. The summed E-state index contributed by atoms with van der Waals surface area (Å²) in [6.45, 7) is 3.84. The van der Waals surface area contributed by atoms with Crippen molar-refractivity contribution in [1.82, 2.24) is 5.32 Å². The fraction of sp³-hybridized carbons (Fsp3) is 0.412. The summed E-state index contributed by atoms with van der Waals surface area (Å²) in [5, 5.41) is 25.4.